The van der Waals surface area contributed by atoms with Gasteiger partial charge in [0.1, 0.15) is 18.6 Å². The fourth-order valence-corrected chi connectivity index (χ4v) is 1.76. The molecule has 0 radical (unpaired) electrons. The molecule has 9 nitrogen and oxygen atoms in total. The van der Waals surface area contributed by atoms with Crippen molar-refractivity contribution in [2.45, 2.75) is 6.54 Å². The lowest BCUT2D eigenvalue weighted by molar-refractivity contribution is -0.385. The standard InChI is InChI=1S/C11H10BrN5O4/c1-21-11-8(17(19)20)5-16(15-11)6-10(18)14-9-3-2-7(12)4-13-9/h2-5H,6H2,1H3,(H,13,14,18). The zero-order chi connectivity index (χ0) is 15.4. The van der Waals surface area contributed by atoms with Gasteiger partial charge < -0.3 is 10.1 Å². The Balaban J connectivity index is 2.05. The van der Waals surface area contributed by atoms with Gasteiger partial charge in [-0.2, -0.15) is 0 Å². The molecule has 0 aromatic carbocycles. The molecule has 0 saturated heterocycles. The second kappa shape index (κ2) is 6.31. The quantitative estimate of drug-likeness (QED) is 0.643. The van der Waals surface area contributed by atoms with Crippen LogP contribution < -0.4 is 10.1 Å². The van der Waals surface area contributed by atoms with Crippen LogP contribution in [0.3, 0.4) is 0 Å². The molecule has 2 aromatic heterocycles. The number of rotatable bonds is 5. The maximum atomic E-state index is 11.8. The number of halogens is 1. The molecule has 110 valence electrons. The van der Waals surface area contributed by atoms with Crippen molar-refractivity contribution in [3.63, 3.8) is 0 Å². The highest BCUT2D eigenvalue weighted by atomic mass is 79.9. The lowest BCUT2D eigenvalue weighted by atomic mass is 10.4. The van der Waals surface area contributed by atoms with E-state index >= 15 is 0 Å². The lowest BCUT2D eigenvalue weighted by Crippen LogP contribution is -2.19. The van der Waals surface area contributed by atoms with E-state index in [4.69, 9.17) is 4.74 Å². The van der Waals surface area contributed by atoms with E-state index in [9.17, 15) is 14.9 Å². The minimum absolute atomic E-state index is 0.144. The van der Waals surface area contributed by atoms with Crippen molar-refractivity contribution in [1.82, 2.24) is 14.8 Å². The number of carbonyl (C=O) groups excluding carboxylic acids is 1. The zero-order valence-corrected chi connectivity index (χ0v) is 12.4. The lowest BCUT2D eigenvalue weighted by Gasteiger charge is -2.04. The van der Waals surface area contributed by atoms with Gasteiger partial charge in [-0.3, -0.25) is 19.6 Å². The summed E-state index contributed by atoms with van der Waals surface area (Å²) in [7, 11) is 1.27. The van der Waals surface area contributed by atoms with E-state index in [0.29, 0.717) is 5.82 Å². The van der Waals surface area contributed by atoms with Crippen LogP contribution >= 0.6 is 15.9 Å². The monoisotopic (exact) mass is 355 g/mol. The van der Waals surface area contributed by atoms with Crippen LogP contribution in [0.4, 0.5) is 11.5 Å². The summed E-state index contributed by atoms with van der Waals surface area (Å²) in [6, 6.07) is 3.35. The van der Waals surface area contributed by atoms with Gasteiger partial charge in [0.25, 0.3) is 0 Å². The van der Waals surface area contributed by atoms with Crippen molar-refractivity contribution in [3.05, 3.63) is 39.1 Å². The fourth-order valence-electron chi connectivity index (χ4n) is 1.52. The largest absolute Gasteiger partial charge is 0.475 e. The maximum absolute atomic E-state index is 11.8. The first-order chi connectivity index (χ1) is 9.99. The van der Waals surface area contributed by atoms with Crippen molar-refractivity contribution >= 4 is 33.3 Å². The summed E-state index contributed by atoms with van der Waals surface area (Å²) < 4.78 is 6.69. The van der Waals surface area contributed by atoms with Gasteiger partial charge in [-0.1, -0.05) is 0 Å². The minimum atomic E-state index is -0.628. The van der Waals surface area contributed by atoms with Crippen molar-refractivity contribution in [2.24, 2.45) is 0 Å². The first-order valence-electron chi connectivity index (χ1n) is 5.67. The van der Waals surface area contributed by atoms with E-state index in [1.54, 1.807) is 12.1 Å². The van der Waals surface area contributed by atoms with Crippen LogP contribution in [-0.2, 0) is 11.3 Å². The Kier molecular flexibility index (Phi) is 4.48. The van der Waals surface area contributed by atoms with Crippen molar-refractivity contribution in [1.29, 1.82) is 0 Å². The molecule has 0 bridgehead atoms. The molecule has 0 unspecified atom stereocenters. The second-order valence-electron chi connectivity index (χ2n) is 3.89. The Morgan fingerprint density at radius 1 is 1.57 bits per heavy atom. The van der Waals surface area contributed by atoms with E-state index in [2.05, 4.69) is 31.3 Å². The molecule has 0 atom stereocenters. The smallest absolute Gasteiger partial charge is 0.350 e. The van der Waals surface area contributed by atoms with Crippen molar-refractivity contribution in [2.75, 3.05) is 12.4 Å². The Bertz CT molecular complexity index is 670. The third kappa shape index (κ3) is 3.75. The predicted octanol–water partition coefficient (Wildman–Crippen LogP) is 1.60. The molecule has 1 N–H and O–H groups in total. The van der Waals surface area contributed by atoms with Gasteiger partial charge in [0.2, 0.25) is 5.91 Å². The van der Waals surface area contributed by atoms with Crippen LogP contribution in [0.25, 0.3) is 0 Å². The van der Waals surface area contributed by atoms with Crippen molar-refractivity contribution in [3.8, 4) is 5.88 Å². The maximum Gasteiger partial charge on any atom is 0.350 e. The van der Waals surface area contributed by atoms with Crippen LogP contribution in [-0.4, -0.2) is 32.7 Å². The van der Waals surface area contributed by atoms with Crippen LogP contribution in [0.1, 0.15) is 0 Å². The molecule has 2 heterocycles. The fraction of sp³-hybridized carbons (Fsp3) is 0.182. The molecular formula is C11H10BrN5O4. The van der Waals surface area contributed by atoms with E-state index in [1.165, 1.54) is 13.3 Å². The summed E-state index contributed by atoms with van der Waals surface area (Å²) >= 11 is 3.23. The minimum Gasteiger partial charge on any atom is -0.475 e. The molecule has 0 aliphatic carbocycles. The Labute approximate surface area is 127 Å². The third-order valence-electron chi connectivity index (χ3n) is 2.40. The van der Waals surface area contributed by atoms with E-state index in [-0.39, 0.29) is 18.1 Å². The molecule has 2 rings (SSSR count). The van der Waals surface area contributed by atoms with E-state index in [0.717, 1.165) is 15.4 Å². The summed E-state index contributed by atoms with van der Waals surface area (Å²) in [6.07, 6.45) is 2.67. The zero-order valence-electron chi connectivity index (χ0n) is 10.8. The molecule has 0 spiro atoms. The molecular weight excluding hydrogens is 346 g/mol. The van der Waals surface area contributed by atoms with E-state index < -0.39 is 10.8 Å². The number of ether oxygens (including phenoxy) is 1. The number of hydrogen-bond donors (Lipinski definition) is 1. The molecule has 0 aliphatic rings. The van der Waals surface area contributed by atoms with Gasteiger partial charge >= 0.3 is 11.6 Å². The van der Waals surface area contributed by atoms with Gasteiger partial charge in [0.15, 0.2) is 0 Å². The number of anilines is 1. The molecule has 0 fully saturated rings. The summed E-state index contributed by atoms with van der Waals surface area (Å²) in [5, 5.41) is 17.1. The normalized spacial score (nSPS) is 10.2. The van der Waals surface area contributed by atoms with Crippen LogP contribution in [0.2, 0.25) is 0 Å². The molecule has 10 heteroatoms. The number of methoxy groups -OCH3 is 1. The molecule has 1 amide bonds. The Hall–Kier alpha value is -2.49. The van der Waals surface area contributed by atoms with Gasteiger partial charge in [-0.25, -0.2) is 4.98 Å². The number of pyridine rings is 1. The number of hydrogen-bond acceptors (Lipinski definition) is 6. The molecule has 2 aromatic rings. The average Bonchev–Trinajstić information content (AvgIpc) is 2.84. The number of amides is 1. The number of aromatic nitrogens is 3. The van der Waals surface area contributed by atoms with Gasteiger partial charge in [0.05, 0.1) is 12.0 Å². The Morgan fingerprint density at radius 2 is 2.33 bits per heavy atom. The number of nitro groups is 1. The number of carbonyl (C=O) groups is 1. The summed E-state index contributed by atoms with van der Waals surface area (Å²) in [5.41, 5.74) is -0.299. The third-order valence-corrected chi connectivity index (χ3v) is 2.87. The number of nitrogens with one attached hydrogen (secondary N) is 1. The molecule has 0 aliphatic heterocycles. The topological polar surface area (TPSA) is 112 Å². The average molecular weight is 356 g/mol. The van der Waals surface area contributed by atoms with Crippen molar-refractivity contribution < 1.29 is 14.5 Å². The summed E-state index contributed by atoms with van der Waals surface area (Å²) in [4.78, 5) is 25.9. The highest BCUT2D eigenvalue weighted by molar-refractivity contribution is 9.10. The van der Waals surface area contributed by atoms with Gasteiger partial charge in [0, 0.05) is 10.7 Å². The number of nitrogens with zero attached hydrogens (tertiary/aromatic N) is 4. The highest BCUT2D eigenvalue weighted by Gasteiger charge is 2.21. The SMILES string of the molecule is COc1nn(CC(=O)Nc2ccc(Br)cn2)cc1[N+](=O)[O-]. The second-order valence-corrected chi connectivity index (χ2v) is 4.80. The first kappa shape index (κ1) is 14.9. The van der Waals surface area contributed by atoms with E-state index in [1.807, 2.05) is 0 Å². The summed E-state index contributed by atoms with van der Waals surface area (Å²) in [5.74, 6) is -0.184. The van der Waals surface area contributed by atoms with Gasteiger partial charge in [-0.15, -0.1) is 5.10 Å². The van der Waals surface area contributed by atoms with Crippen LogP contribution in [0, 0.1) is 10.1 Å². The predicted molar refractivity (Wildman–Crippen MR) is 76.0 cm³/mol. The van der Waals surface area contributed by atoms with Crippen LogP contribution in [0.5, 0.6) is 5.88 Å². The highest BCUT2D eigenvalue weighted by Crippen LogP contribution is 2.23. The molecule has 21 heavy (non-hydrogen) atoms. The Morgan fingerprint density at radius 3 is 2.86 bits per heavy atom. The van der Waals surface area contributed by atoms with Crippen LogP contribution in [0.15, 0.2) is 29.0 Å². The molecule has 0 saturated carbocycles. The summed E-state index contributed by atoms with van der Waals surface area (Å²) in [6.45, 7) is -0.193. The first-order valence-corrected chi connectivity index (χ1v) is 6.46. The van der Waals surface area contributed by atoms with Gasteiger partial charge in [-0.05, 0) is 28.1 Å².